The number of carboxylic acid groups (broad SMARTS) is 1. The van der Waals surface area contributed by atoms with Crippen molar-refractivity contribution in [1.82, 2.24) is 14.9 Å². The molecule has 2 bridgehead atoms. The fourth-order valence-electron chi connectivity index (χ4n) is 3.73. The van der Waals surface area contributed by atoms with Crippen LogP contribution in [0.5, 0.6) is 0 Å². The van der Waals surface area contributed by atoms with Crippen molar-refractivity contribution in [2.45, 2.75) is 18.1 Å². The van der Waals surface area contributed by atoms with E-state index in [0.29, 0.717) is 19.5 Å². The van der Waals surface area contributed by atoms with Crippen LogP contribution in [-0.4, -0.2) is 56.6 Å². The first-order valence-corrected chi connectivity index (χ1v) is 6.97. The lowest BCUT2D eigenvalue weighted by Crippen LogP contribution is -2.39. The van der Waals surface area contributed by atoms with Gasteiger partial charge < -0.3 is 19.7 Å². The number of carbonyl (C=O) groups excluding carboxylic acids is 1. The monoisotopic (exact) mass is 289 g/mol. The first kappa shape index (κ1) is 12.6. The molecular formula is C14H15N3O4. The van der Waals surface area contributed by atoms with Crippen LogP contribution in [0.25, 0.3) is 0 Å². The van der Waals surface area contributed by atoms with Gasteiger partial charge >= 0.3 is 5.97 Å². The van der Waals surface area contributed by atoms with Crippen molar-refractivity contribution >= 4 is 11.9 Å². The number of nitrogens with zero attached hydrogens (tertiary/aromatic N) is 2. The molecule has 3 aliphatic heterocycles. The number of ether oxygens (including phenoxy) is 1. The van der Waals surface area contributed by atoms with Gasteiger partial charge in [0.15, 0.2) is 0 Å². The highest BCUT2D eigenvalue weighted by molar-refractivity contribution is 5.90. The van der Waals surface area contributed by atoms with Gasteiger partial charge in [0.2, 0.25) is 5.91 Å². The van der Waals surface area contributed by atoms with E-state index >= 15 is 0 Å². The maximum absolute atomic E-state index is 12.6. The van der Waals surface area contributed by atoms with Gasteiger partial charge in [-0.05, 0) is 0 Å². The summed E-state index contributed by atoms with van der Waals surface area (Å²) < 4.78 is 5.82. The number of aromatic nitrogens is 2. The van der Waals surface area contributed by atoms with Gasteiger partial charge in [-0.2, -0.15) is 0 Å². The highest BCUT2D eigenvalue weighted by atomic mass is 16.5. The highest BCUT2D eigenvalue weighted by Crippen LogP contribution is 2.51. The first-order valence-electron chi connectivity index (χ1n) is 6.97. The Labute approximate surface area is 120 Å². The molecule has 7 nitrogen and oxygen atoms in total. The lowest BCUT2D eigenvalue weighted by molar-refractivity contribution is -0.148. The van der Waals surface area contributed by atoms with Crippen LogP contribution in [0.1, 0.15) is 5.69 Å². The molecule has 0 aromatic carbocycles. The summed E-state index contributed by atoms with van der Waals surface area (Å²) >= 11 is 0. The van der Waals surface area contributed by atoms with E-state index in [4.69, 9.17) is 4.74 Å². The second-order valence-electron chi connectivity index (χ2n) is 5.82. The van der Waals surface area contributed by atoms with Crippen molar-refractivity contribution in [2.24, 2.45) is 11.8 Å². The number of imidazole rings is 1. The zero-order valence-corrected chi connectivity index (χ0v) is 11.2. The highest BCUT2D eigenvalue weighted by Gasteiger charge is 2.66. The average molecular weight is 289 g/mol. The Bertz CT molecular complexity index is 626. The Kier molecular flexibility index (Phi) is 2.50. The number of fused-ring (bicyclic) bond motifs is 1. The summed E-state index contributed by atoms with van der Waals surface area (Å²) in [5.41, 5.74) is 0.214. The summed E-state index contributed by atoms with van der Waals surface area (Å²) in [5, 5.41) is 9.37. The van der Waals surface area contributed by atoms with Crippen LogP contribution in [0.4, 0.5) is 0 Å². The second-order valence-corrected chi connectivity index (χ2v) is 5.82. The molecule has 2 N–H and O–H groups in total. The molecular weight excluding hydrogens is 274 g/mol. The van der Waals surface area contributed by atoms with Gasteiger partial charge in [0.05, 0.1) is 24.9 Å². The van der Waals surface area contributed by atoms with Crippen molar-refractivity contribution in [2.75, 3.05) is 13.1 Å². The molecule has 2 saturated heterocycles. The van der Waals surface area contributed by atoms with Crippen molar-refractivity contribution in [3.05, 3.63) is 30.4 Å². The largest absolute Gasteiger partial charge is 0.481 e. The number of aliphatic carboxylic acids is 1. The number of H-pyrrole nitrogens is 1. The summed E-state index contributed by atoms with van der Waals surface area (Å²) in [6, 6.07) is 0. The molecule has 1 aromatic rings. The topological polar surface area (TPSA) is 95.5 Å². The maximum atomic E-state index is 12.6. The van der Waals surface area contributed by atoms with E-state index in [0.717, 1.165) is 5.69 Å². The molecule has 4 rings (SSSR count). The molecule has 3 aliphatic rings. The number of hydrogen-bond donors (Lipinski definition) is 2. The van der Waals surface area contributed by atoms with Crippen LogP contribution in [0, 0.1) is 11.8 Å². The third-order valence-electron chi connectivity index (χ3n) is 4.67. The molecule has 0 aliphatic carbocycles. The minimum absolute atomic E-state index is 0.117. The SMILES string of the molecule is O=C(O)C1C2C=CC3(CN(CCc4cnc[nH]4)C(=O)C13)O2. The summed E-state index contributed by atoms with van der Waals surface area (Å²) in [6.07, 6.45) is 7.17. The van der Waals surface area contributed by atoms with Gasteiger partial charge in [-0.15, -0.1) is 0 Å². The number of likely N-dealkylation sites (tertiary alicyclic amines) is 1. The van der Waals surface area contributed by atoms with Crippen molar-refractivity contribution < 1.29 is 19.4 Å². The zero-order valence-electron chi connectivity index (χ0n) is 11.2. The molecule has 110 valence electrons. The second kappa shape index (κ2) is 4.17. The molecule has 2 fully saturated rings. The average Bonchev–Trinajstić information content (AvgIpc) is 3.18. The summed E-state index contributed by atoms with van der Waals surface area (Å²) in [6.45, 7) is 0.967. The van der Waals surface area contributed by atoms with Gasteiger partial charge in [0, 0.05) is 24.9 Å². The minimum Gasteiger partial charge on any atom is -0.481 e. The number of carbonyl (C=O) groups is 2. The maximum Gasteiger partial charge on any atom is 0.310 e. The molecule has 4 atom stereocenters. The number of nitrogens with one attached hydrogen (secondary N) is 1. The van der Waals surface area contributed by atoms with Crippen LogP contribution in [0.15, 0.2) is 24.7 Å². The van der Waals surface area contributed by atoms with E-state index in [1.165, 1.54) is 0 Å². The van der Waals surface area contributed by atoms with E-state index < -0.39 is 29.5 Å². The molecule has 21 heavy (non-hydrogen) atoms. The third-order valence-corrected chi connectivity index (χ3v) is 4.67. The molecule has 1 aromatic heterocycles. The molecule has 0 radical (unpaired) electrons. The molecule has 1 spiro atoms. The number of hydrogen-bond acceptors (Lipinski definition) is 4. The quantitative estimate of drug-likeness (QED) is 0.750. The van der Waals surface area contributed by atoms with Crippen molar-refractivity contribution in [3.63, 3.8) is 0 Å². The predicted octanol–water partition coefficient (Wildman–Crippen LogP) is -0.181. The van der Waals surface area contributed by atoms with Gasteiger partial charge in [0.25, 0.3) is 0 Å². The van der Waals surface area contributed by atoms with Crippen LogP contribution in [0.3, 0.4) is 0 Å². The summed E-state index contributed by atoms with van der Waals surface area (Å²) in [4.78, 5) is 32.6. The van der Waals surface area contributed by atoms with Gasteiger partial charge in [-0.3, -0.25) is 9.59 Å². The number of aromatic amines is 1. The van der Waals surface area contributed by atoms with Crippen LogP contribution < -0.4 is 0 Å². The van der Waals surface area contributed by atoms with E-state index in [-0.39, 0.29) is 5.91 Å². The standard InChI is InChI=1S/C14H15N3O4/c18-12-11-10(13(19)20)9-1-3-14(11,21-9)6-17(12)4-2-8-5-15-7-16-8/h1,3,5,7,9-11H,2,4,6H2,(H,15,16)(H,19,20). The van der Waals surface area contributed by atoms with Gasteiger partial charge in [-0.1, -0.05) is 12.2 Å². The normalized spacial score (nSPS) is 36.5. The Balaban J connectivity index is 1.54. The van der Waals surface area contributed by atoms with Crippen molar-refractivity contribution in [1.29, 1.82) is 0 Å². The van der Waals surface area contributed by atoms with Crippen LogP contribution in [0.2, 0.25) is 0 Å². The summed E-state index contributed by atoms with van der Waals surface area (Å²) in [7, 11) is 0. The van der Waals surface area contributed by atoms with Gasteiger partial charge in [0.1, 0.15) is 11.5 Å². The molecule has 7 heteroatoms. The van der Waals surface area contributed by atoms with E-state index in [9.17, 15) is 14.7 Å². The lowest BCUT2D eigenvalue weighted by atomic mass is 9.77. The summed E-state index contributed by atoms with van der Waals surface area (Å²) in [5.74, 6) is -2.43. The number of carboxylic acids is 1. The van der Waals surface area contributed by atoms with Gasteiger partial charge in [-0.25, -0.2) is 4.98 Å². The lowest BCUT2D eigenvalue weighted by Gasteiger charge is -2.21. The molecule has 0 saturated carbocycles. The zero-order chi connectivity index (χ0) is 14.6. The predicted molar refractivity (Wildman–Crippen MR) is 70.2 cm³/mol. The van der Waals surface area contributed by atoms with Crippen molar-refractivity contribution in [3.8, 4) is 0 Å². The Morgan fingerprint density at radius 1 is 1.62 bits per heavy atom. The Hall–Kier alpha value is -2.15. The Morgan fingerprint density at radius 2 is 2.48 bits per heavy atom. The molecule has 4 heterocycles. The van der Waals surface area contributed by atoms with Crippen LogP contribution in [-0.2, 0) is 20.7 Å². The Morgan fingerprint density at radius 3 is 3.19 bits per heavy atom. The van der Waals surface area contributed by atoms with Crippen LogP contribution >= 0.6 is 0 Å². The number of rotatable bonds is 4. The minimum atomic E-state index is -0.958. The van der Waals surface area contributed by atoms with E-state index in [1.807, 2.05) is 6.08 Å². The van der Waals surface area contributed by atoms with E-state index in [2.05, 4.69) is 9.97 Å². The fraction of sp³-hybridized carbons (Fsp3) is 0.500. The number of amides is 1. The fourth-order valence-corrected chi connectivity index (χ4v) is 3.73. The smallest absolute Gasteiger partial charge is 0.310 e. The molecule has 1 amide bonds. The van der Waals surface area contributed by atoms with E-state index in [1.54, 1.807) is 23.5 Å². The molecule has 4 unspecified atom stereocenters. The first-order chi connectivity index (χ1) is 10.1. The third kappa shape index (κ3) is 1.67.